The van der Waals surface area contributed by atoms with Gasteiger partial charge in [-0.1, -0.05) is 30.3 Å². The summed E-state index contributed by atoms with van der Waals surface area (Å²) in [6.07, 6.45) is 3.46. The van der Waals surface area contributed by atoms with Gasteiger partial charge in [-0.15, -0.1) is 0 Å². The molecule has 0 aliphatic heterocycles. The second kappa shape index (κ2) is 4.76. The van der Waals surface area contributed by atoms with E-state index < -0.39 is 0 Å². The third-order valence-corrected chi connectivity index (χ3v) is 4.26. The van der Waals surface area contributed by atoms with Crippen LogP contribution in [0.2, 0.25) is 0 Å². The van der Waals surface area contributed by atoms with Crippen LogP contribution in [0.25, 0.3) is 38.5 Å². The van der Waals surface area contributed by atoms with Crippen LogP contribution in [0.1, 0.15) is 0 Å². The van der Waals surface area contributed by atoms with Gasteiger partial charge in [0.15, 0.2) is 11.1 Å². The minimum absolute atomic E-state index is 0.0301. The predicted octanol–water partition coefficient (Wildman–Crippen LogP) is 3.42. The maximum atomic E-state index is 12.7. The van der Waals surface area contributed by atoms with E-state index in [0.717, 1.165) is 16.7 Å². The monoisotopic (exact) mass is 312 g/mol. The number of hydrogen-bond acceptors (Lipinski definition) is 3. The first-order valence-electron chi connectivity index (χ1n) is 7.66. The fourth-order valence-corrected chi connectivity index (χ4v) is 3.10. The van der Waals surface area contributed by atoms with Gasteiger partial charge in [-0.25, -0.2) is 14.6 Å². The Morgan fingerprint density at radius 3 is 2.54 bits per heavy atom. The number of hydrogen-bond donors (Lipinski definition) is 1. The summed E-state index contributed by atoms with van der Waals surface area (Å²) in [7, 11) is 0. The quantitative estimate of drug-likeness (QED) is 0.482. The molecule has 0 saturated carbocycles. The summed E-state index contributed by atoms with van der Waals surface area (Å²) in [5.74, 6) is 0. The normalized spacial score (nSPS) is 11.5. The minimum atomic E-state index is -0.0301. The molecule has 5 aromatic rings. The molecule has 114 valence electrons. The smallest absolute Gasteiger partial charge is 0.198 e. The molecule has 5 heteroatoms. The van der Waals surface area contributed by atoms with Gasteiger partial charge in [0.2, 0.25) is 0 Å². The Morgan fingerprint density at radius 2 is 1.67 bits per heavy atom. The van der Waals surface area contributed by atoms with Crippen molar-refractivity contribution in [3.63, 3.8) is 0 Å². The van der Waals surface area contributed by atoms with E-state index in [9.17, 15) is 4.79 Å². The highest BCUT2D eigenvalue weighted by Gasteiger charge is 2.13. The van der Waals surface area contributed by atoms with E-state index >= 15 is 0 Å². The van der Waals surface area contributed by atoms with Crippen molar-refractivity contribution < 1.29 is 0 Å². The second-order valence-electron chi connectivity index (χ2n) is 5.66. The molecule has 0 atom stereocenters. The van der Waals surface area contributed by atoms with Crippen molar-refractivity contribution in [1.29, 1.82) is 0 Å². The van der Waals surface area contributed by atoms with Crippen molar-refractivity contribution in [2.75, 3.05) is 0 Å². The highest BCUT2D eigenvalue weighted by atomic mass is 16.1. The van der Waals surface area contributed by atoms with E-state index in [4.69, 9.17) is 4.98 Å². The zero-order valence-electron chi connectivity index (χ0n) is 12.6. The maximum Gasteiger partial charge on any atom is 0.198 e. The molecule has 0 unspecified atom stereocenters. The lowest BCUT2D eigenvalue weighted by Crippen LogP contribution is -2.05. The number of pyridine rings is 2. The largest absolute Gasteiger partial charge is 0.299 e. The van der Waals surface area contributed by atoms with Gasteiger partial charge in [0, 0.05) is 17.8 Å². The SMILES string of the molecule is O=c1c2ccccc2nc2c1cnc1c2c[nH]n1-c1ccccc1. The van der Waals surface area contributed by atoms with Gasteiger partial charge >= 0.3 is 0 Å². The molecule has 0 radical (unpaired) electrons. The molecular weight excluding hydrogens is 300 g/mol. The molecule has 0 spiro atoms. The Balaban J connectivity index is 1.92. The number of nitrogens with one attached hydrogen (secondary N) is 1. The van der Waals surface area contributed by atoms with Crippen LogP contribution in [0, 0.1) is 0 Å². The molecule has 0 saturated heterocycles. The summed E-state index contributed by atoms with van der Waals surface area (Å²) >= 11 is 0. The van der Waals surface area contributed by atoms with Gasteiger partial charge in [-0.3, -0.25) is 9.89 Å². The molecule has 0 fully saturated rings. The summed E-state index contributed by atoms with van der Waals surface area (Å²) in [6, 6.07) is 17.3. The molecule has 0 amide bonds. The third-order valence-electron chi connectivity index (χ3n) is 4.26. The lowest BCUT2D eigenvalue weighted by Gasteiger charge is -2.05. The van der Waals surface area contributed by atoms with Crippen LogP contribution in [0.4, 0.5) is 0 Å². The van der Waals surface area contributed by atoms with Crippen LogP contribution in [-0.4, -0.2) is 19.7 Å². The van der Waals surface area contributed by atoms with E-state index in [1.807, 2.05) is 59.4 Å². The van der Waals surface area contributed by atoms with Crippen molar-refractivity contribution >= 4 is 32.8 Å². The number of fused-ring (bicyclic) bond motifs is 4. The summed E-state index contributed by atoms with van der Waals surface area (Å²) < 4.78 is 1.89. The van der Waals surface area contributed by atoms with Crippen LogP contribution in [0.3, 0.4) is 0 Å². The van der Waals surface area contributed by atoms with E-state index in [1.165, 1.54) is 0 Å². The molecule has 2 aromatic carbocycles. The van der Waals surface area contributed by atoms with Crippen molar-refractivity contribution in [3.05, 3.63) is 77.2 Å². The topological polar surface area (TPSA) is 63.6 Å². The van der Waals surface area contributed by atoms with Gasteiger partial charge in [-0.2, -0.15) is 0 Å². The first kappa shape index (κ1) is 13.0. The van der Waals surface area contributed by atoms with Crippen LogP contribution in [-0.2, 0) is 0 Å². The highest BCUT2D eigenvalue weighted by Crippen LogP contribution is 2.23. The molecule has 24 heavy (non-hydrogen) atoms. The number of benzene rings is 2. The molecule has 0 aliphatic rings. The molecule has 1 N–H and O–H groups in total. The Hall–Kier alpha value is -3.47. The number of rotatable bonds is 1. The molecule has 3 heterocycles. The van der Waals surface area contributed by atoms with Crippen molar-refractivity contribution in [3.8, 4) is 5.69 Å². The number of aromatic amines is 1. The number of nitrogens with zero attached hydrogens (tertiary/aromatic N) is 3. The van der Waals surface area contributed by atoms with Crippen molar-refractivity contribution in [2.45, 2.75) is 0 Å². The first-order chi connectivity index (χ1) is 11.8. The number of para-hydroxylation sites is 2. The number of aromatic nitrogens is 4. The van der Waals surface area contributed by atoms with Crippen molar-refractivity contribution in [2.24, 2.45) is 0 Å². The standard InChI is InChI=1S/C19H12N4O/c24-18-13-8-4-5-9-16(13)22-17-14(18)10-20-19-15(17)11-21-23(19)12-6-2-1-3-7-12/h1-11,21H. The lowest BCUT2D eigenvalue weighted by molar-refractivity contribution is 0.897. The number of H-pyrrole nitrogens is 1. The van der Waals surface area contributed by atoms with Crippen LogP contribution < -0.4 is 5.43 Å². The average molecular weight is 312 g/mol. The van der Waals surface area contributed by atoms with Crippen LogP contribution in [0.15, 0.2) is 71.8 Å². The van der Waals surface area contributed by atoms with Crippen molar-refractivity contribution in [1.82, 2.24) is 19.7 Å². The van der Waals surface area contributed by atoms with E-state index in [1.54, 1.807) is 12.3 Å². The molecular formula is C19H12N4O. The molecule has 0 bridgehead atoms. The van der Waals surface area contributed by atoms with Gasteiger partial charge in [0.1, 0.15) is 0 Å². The Morgan fingerprint density at radius 1 is 0.875 bits per heavy atom. The van der Waals surface area contributed by atoms with Crippen LogP contribution >= 0.6 is 0 Å². The second-order valence-corrected chi connectivity index (χ2v) is 5.66. The molecule has 5 rings (SSSR count). The van der Waals surface area contributed by atoms with Crippen LogP contribution in [0.5, 0.6) is 0 Å². The minimum Gasteiger partial charge on any atom is -0.299 e. The lowest BCUT2D eigenvalue weighted by atomic mass is 10.1. The fraction of sp³-hybridized carbons (Fsp3) is 0. The zero-order chi connectivity index (χ0) is 16.1. The summed E-state index contributed by atoms with van der Waals surface area (Å²) in [4.78, 5) is 21.9. The summed E-state index contributed by atoms with van der Waals surface area (Å²) in [5.41, 5.74) is 3.07. The molecule has 3 aromatic heterocycles. The van der Waals surface area contributed by atoms with E-state index in [0.29, 0.717) is 21.8 Å². The summed E-state index contributed by atoms with van der Waals surface area (Å²) in [5, 5.41) is 5.20. The Labute approximate surface area is 136 Å². The van der Waals surface area contributed by atoms with E-state index in [-0.39, 0.29) is 5.43 Å². The molecule has 5 nitrogen and oxygen atoms in total. The first-order valence-corrected chi connectivity index (χ1v) is 7.66. The Bertz CT molecular complexity index is 1270. The predicted molar refractivity (Wildman–Crippen MR) is 94.5 cm³/mol. The van der Waals surface area contributed by atoms with E-state index in [2.05, 4.69) is 10.1 Å². The Kier molecular flexibility index (Phi) is 2.58. The van der Waals surface area contributed by atoms with Gasteiger partial charge in [0.05, 0.1) is 27.5 Å². The third kappa shape index (κ3) is 1.72. The fourth-order valence-electron chi connectivity index (χ4n) is 3.10. The maximum absolute atomic E-state index is 12.7. The molecule has 0 aliphatic carbocycles. The zero-order valence-corrected chi connectivity index (χ0v) is 12.6. The highest BCUT2D eigenvalue weighted by molar-refractivity contribution is 6.05. The van der Waals surface area contributed by atoms with Gasteiger partial charge in [-0.05, 0) is 24.3 Å². The average Bonchev–Trinajstić information content (AvgIpc) is 3.07. The summed E-state index contributed by atoms with van der Waals surface area (Å²) in [6.45, 7) is 0. The van der Waals surface area contributed by atoms with Gasteiger partial charge < -0.3 is 0 Å². The van der Waals surface area contributed by atoms with Gasteiger partial charge in [0.25, 0.3) is 0 Å².